The number of likely N-dealkylation sites (tertiary alicyclic amines) is 1. The molecule has 1 spiro atoms. The third-order valence-corrected chi connectivity index (χ3v) is 5.42. The molecule has 3 nitrogen and oxygen atoms in total. The third-order valence-electron chi connectivity index (χ3n) is 5.42. The summed E-state index contributed by atoms with van der Waals surface area (Å²) in [6.07, 6.45) is 8.25. The molecule has 1 saturated carbocycles. The van der Waals surface area contributed by atoms with Crippen molar-refractivity contribution in [1.82, 2.24) is 10.2 Å². The van der Waals surface area contributed by atoms with Crippen molar-refractivity contribution < 1.29 is 4.74 Å². The van der Waals surface area contributed by atoms with E-state index >= 15 is 0 Å². The van der Waals surface area contributed by atoms with Gasteiger partial charge in [-0.3, -0.25) is 4.90 Å². The van der Waals surface area contributed by atoms with Crippen LogP contribution in [0.3, 0.4) is 0 Å². The lowest BCUT2D eigenvalue weighted by Crippen LogP contribution is -2.47. The van der Waals surface area contributed by atoms with Crippen molar-refractivity contribution in [3.05, 3.63) is 0 Å². The molecular formula is C14H26N2O. The van der Waals surface area contributed by atoms with E-state index in [-0.39, 0.29) is 0 Å². The van der Waals surface area contributed by atoms with Crippen LogP contribution in [0, 0.1) is 5.41 Å². The molecule has 2 atom stereocenters. The first-order valence-corrected chi connectivity index (χ1v) is 7.33. The highest BCUT2D eigenvalue weighted by molar-refractivity contribution is 5.01. The lowest BCUT2D eigenvalue weighted by Gasteiger charge is -2.43. The SMILES string of the molecule is CNC1CCN(C2CCCC23CCOCC3)C1. The normalized spacial score (nSPS) is 37.9. The Kier molecular flexibility index (Phi) is 3.42. The highest BCUT2D eigenvalue weighted by Gasteiger charge is 2.47. The first-order valence-electron chi connectivity index (χ1n) is 7.33. The molecule has 1 aliphatic carbocycles. The predicted octanol–water partition coefficient (Wildman–Crippen LogP) is 1.63. The van der Waals surface area contributed by atoms with Gasteiger partial charge in [-0.1, -0.05) is 6.42 Å². The zero-order valence-electron chi connectivity index (χ0n) is 11.1. The van der Waals surface area contributed by atoms with Gasteiger partial charge in [0.05, 0.1) is 0 Å². The van der Waals surface area contributed by atoms with Gasteiger partial charge < -0.3 is 10.1 Å². The molecule has 3 fully saturated rings. The van der Waals surface area contributed by atoms with Crippen LogP contribution in [0.4, 0.5) is 0 Å². The second-order valence-electron chi connectivity index (χ2n) is 6.15. The smallest absolute Gasteiger partial charge is 0.0471 e. The van der Waals surface area contributed by atoms with Crippen LogP contribution >= 0.6 is 0 Å². The van der Waals surface area contributed by atoms with Gasteiger partial charge in [0, 0.05) is 38.4 Å². The minimum absolute atomic E-state index is 0.612. The Morgan fingerprint density at radius 3 is 2.71 bits per heavy atom. The summed E-state index contributed by atoms with van der Waals surface area (Å²) in [6, 6.07) is 1.58. The molecule has 0 bridgehead atoms. The quantitative estimate of drug-likeness (QED) is 0.791. The van der Waals surface area contributed by atoms with Crippen LogP contribution < -0.4 is 5.32 Å². The van der Waals surface area contributed by atoms with E-state index in [1.54, 1.807) is 0 Å². The number of rotatable bonds is 2. The second kappa shape index (κ2) is 4.87. The van der Waals surface area contributed by atoms with E-state index in [1.807, 2.05) is 0 Å². The van der Waals surface area contributed by atoms with Crippen molar-refractivity contribution in [1.29, 1.82) is 0 Å². The molecule has 1 N–H and O–H groups in total. The molecule has 17 heavy (non-hydrogen) atoms. The van der Waals surface area contributed by atoms with Crippen LogP contribution in [0.1, 0.15) is 38.5 Å². The predicted molar refractivity (Wildman–Crippen MR) is 69.2 cm³/mol. The summed E-state index contributed by atoms with van der Waals surface area (Å²) in [6.45, 7) is 4.57. The van der Waals surface area contributed by atoms with Crippen molar-refractivity contribution in [3.63, 3.8) is 0 Å². The third kappa shape index (κ3) is 2.13. The highest BCUT2D eigenvalue weighted by atomic mass is 16.5. The molecule has 3 heteroatoms. The minimum Gasteiger partial charge on any atom is -0.381 e. The molecule has 0 aromatic rings. The zero-order valence-corrected chi connectivity index (χ0v) is 11.1. The summed E-state index contributed by atoms with van der Waals surface area (Å²) in [7, 11) is 2.10. The molecule has 0 amide bonds. The van der Waals surface area contributed by atoms with Crippen molar-refractivity contribution in [2.24, 2.45) is 5.41 Å². The summed E-state index contributed by atoms with van der Waals surface area (Å²) in [5, 5.41) is 3.44. The molecule has 0 aromatic carbocycles. The van der Waals surface area contributed by atoms with Gasteiger partial charge in [-0.05, 0) is 44.6 Å². The number of nitrogens with zero attached hydrogens (tertiary/aromatic N) is 1. The Morgan fingerprint density at radius 1 is 1.18 bits per heavy atom. The summed E-state index contributed by atoms with van der Waals surface area (Å²) in [5.41, 5.74) is 0.612. The lowest BCUT2D eigenvalue weighted by atomic mass is 9.75. The number of nitrogens with one attached hydrogen (secondary N) is 1. The van der Waals surface area contributed by atoms with E-state index in [0.29, 0.717) is 5.41 Å². The molecule has 98 valence electrons. The molecule has 2 heterocycles. The van der Waals surface area contributed by atoms with Crippen molar-refractivity contribution >= 4 is 0 Å². The van der Waals surface area contributed by atoms with Gasteiger partial charge in [0.1, 0.15) is 0 Å². The number of hydrogen-bond acceptors (Lipinski definition) is 3. The second-order valence-corrected chi connectivity index (χ2v) is 6.15. The molecule has 2 unspecified atom stereocenters. The molecular weight excluding hydrogens is 212 g/mol. The van der Waals surface area contributed by atoms with E-state index in [2.05, 4.69) is 17.3 Å². The number of hydrogen-bond donors (Lipinski definition) is 1. The van der Waals surface area contributed by atoms with Gasteiger partial charge in [0.25, 0.3) is 0 Å². The van der Waals surface area contributed by atoms with Gasteiger partial charge in [-0.25, -0.2) is 0 Å². The maximum Gasteiger partial charge on any atom is 0.0471 e. The number of ether oxygens (including phenoxy) is 1. The first-order chi connectivity index (χ1) is 8.34. The monoisotopic (exact) mass is 238 g/mol. The average Bonchev–Trinajstić information content (AvgIpc) is 2.97. The van der Waals surface area contributed by atoms with Crippen molar-refractivity contribution in [2.45, 2.75) is 50.6 Å². The summed E-state index contributed by atoms with van der Waals surface area (Å²) < 4.78 is 5.58. The van der Waals surface area contributed by atoms with E-state index < -0.39 is 0 Å². The van der Waals surface area contributed by atoms with Crippen LogP contribution in [-0.2, 0) is 4.74 Å². The lowest BCUT2D eigenvalue weighted by molar-refractivity contribution is -0.0207. The maximum atomic E-state index is 5.58. The zero-order chi connectivity index (χ0) is 11.7. The molecule has 3 rings (SSSR count). The summed E-state index contributed by atoms with van der Waals surface area (Å²) in [4.78, 5) is 2.78. The largest absolute Gasteiger partial charge is 0.381 e. The van der Waals surface area contributed by atoms with Crippen LogP contribution in [0.25, 0.3) is 0 Å². The van der Waals surface area contributed by atoms with E-state index in [0.717, 1.165) is 25.3 Å². The van der Waals surface area contributed by atoms with Crippen LogP contribution in [0.15, 0.2) is 0 Å². The van der Waals surface area contributed by atoms with Crippen LogP contribution in [-0.4, -0.2) is 50.3 Å². The fourth-order valence-corrected chi connectivity index (χ4v) is 4.36. The van der Waals surface area contributed by atoms with Crippen LogP contribution in [0.5, 0.6) is 0 Å². The van der Waals surface area contributed by atoms with Gasteiger partial charge in [0.2, 0.25) is 0 Å². The average molecular weight is 238 g/mol. The Hall–Kier alpha value is -0.120. The molecule has 3 aliphatic rings. The number of likely N-dealkylation sites (N-methyl/N-ethyl adjacent to an activating group) is 1. The Morgan fingerprint density at radius 2 is 2.00 bits per heavy atom. The molecule has 2 saturated heterocycles. The fourth-order valence-electron chi connectivity index (χ4n) is 4.36. The Labute approximate surface area is 105 Å². The van der Waals surface area contributed by atoms with E-state index in [4.69, 9.17) is 4.74 Å². The molecule has 2 aliphatic heterocycles. The first kappa shape index (κ1) is 11.9. The Bertz CT molecular complexity index is 263. The Balaban J connectivity index is 1.69. The topological polar surface area (TPSA) is 24.5 Å². The maximum absolute atomic E-state index is 5.58. The standard InChI is InChI=1S/C14H26N2O/c1-15-12-4-8-16(11-12)13-3-2-5-14(13)6-9-17-10-7-14/h12-13,15H,2-11H2,1H3. The van der Waals surface area contributed by atoms with Crippen LogP contribution in [0.2, 0.25) is 0 Å². The van der Waals surface area contributed by atoms with E-state index in [1.165, 1.54) is 51.6 Å². The molecule has 0 aromatic heterocycles. The van der Waals surface area contributed by atoms with Gasteiger partial charge in [-0.2, -0.15) is 0 Å². The van der Waals surface area contributed by atoms with Crippen molar-refractivity contribution in [3.8, 4) is 0 Å². The fraction of sp³-hybridized carbons (Fsp3) is 1.00. The highest BCUT2D eigenvalue weighted by Crippen LogP contribution is 2.48. The minimum atomic E-state index is 0.612. The van der Waals surface area contributed by atoms with Gasteiger partial charge >= 0.3 is 0 Å². The van der Waals surface area contributed by atoms with Gasteiger partial charge in [-0.15, -0.1) is 0 Å². The van der Waals surface area contributed by atoms with Crippen molar-refractivity contribution in [2.75, 3.05) is 33.4 Å². The summed E-state index contributed by atoms with van der Waals surface area (Å²) >= 11 is 0. The molecule has 0 radical (unpaired) electrons. The summed E-state index contributed by atoms with van der Waals surface area (Å²) in [5.74, 6) is 0. The van der Waals surface area contributed by atoms with E-state index in [9.17, 15) is 0 Å². The van der Waals surface area contributed by atoms with Gasteiger partial charge in [0.15, 0.2) is 0 Å².